The molecule has 0 N–H and O–H groups in total. The Morgan fingerprint density at radius 3 is 2.14 bits per heavy atom. The van der Waals surface area contributed by atoms with Gasteiger partial charge in [-0.15, -0.1) is 0 Å². The highest BCUT2D eigenvalue weighted by atomic mass is 14.4. The lowest BCUT2D eigenvalue weighted by molar-refractivity contribution is 0.722. The molecular formula is C6H11B. The van der Waals surface area contributed by atoms with Gasteiger partial charge in [0.2, 0.25) is 0 Å². The molecule has 0 aliphatic heterocycles. The number of hydrogen-bond donors (Lipinski definition) is 0. The van der Waals surface area contributed by atoms with Crippen molar-refractivity contribution in [1.82, 2.24) is 0 Å². The Labute approximate surface area is 46.7 Å². The quantitative estimate of drug-likeness (QED) is 0.433. The highest BCUT2D eigenvalue weighted by Gasteiger charge is 2.34. The van der Waals surface area contributed by atoms with Crippen molar-refractivity contribution in [3.63, 3.8) is 0 Å². The zero-order valence-electron chi connectivity index (χ0n) is 5.02. The molecule has 0 aromatic heterocycles. The van der Waals surface area contributed by atoms with Gasteiger partial charge in [-0.2, -0.15) is 0 Å². The molecule has 1 fully saturated rings. The summed E-state index contributed by atoms with van der Waals surface area (Å²) in [5.74, 6) is 2.20. The summed E-state index contributed by atoms with van der Waals surface area (Å²) in [4.78, 5) is 0. The molecule has 0 nitrogen and oxygen atoms in total. The van der Waals surface area contributed by atoms with E-state index in [1.54, 1.807) is 0 Å². The topological polar surface area (TPSA) is 0 Å². The highest BCUT2D eigenvalue weighted by Crippen LogP contribution is 2.44. The van der Waals surface area contributed by atoms with Crippen molar-refractivity contribution in [3.05, 3.63) is 0 Å². The van der Waals surface area contributed by atoms with Gasteiger partial charge in [-0.25, -0.2) is 0 Å². The van der Waals surface area contributed by atoms with E-state index < -0.39 is 0 Å². The van der Waals surface area contributed by atoms with Gasteiger partial charge in [-0.1, -0.05) is 19.7 Å². The van der Waals surface area contributed by atoms with Gasteiger partial charge in [0, 0.05) is 0 Å². The normalized spacial score (nSPS) is 43.1. The fourth-order valence-corrected chi connectivity index (χ4v) is 1.08. The summed E-state index contributed by atoms with van der Waals surface area (Å²) in [5, 5.41) is 0. The van der Waals surface area contributed by atoms with E-state index in [1.807, 2.05) is 0 Å². The zero-order valence-corrected chi connectivity index (χ0v) is 5.02. The van der Waals surface area contributed by atoms with E-state index in [0.29, 0.717) is 5.82 Å². The second kappa shape index (κ2) is 1.54. The standard InChI is InChI=1S/C6H11B/c1-4-3-6(4)5(2)7/h4-6H,3H2,1-2H3. The highest BCUT2D eigenvalue weighted by molar-refractivity contribution is 6.11. The zero-order chi connectivity index (χ0) is 5.44. The summed E-state index contributed by atoms with van der Waals surface area (Å²) in [5.41, 5.74) is 0. The van der Waals surface area contributed by atoms with E-state index in [0.717, 1.165) is 11.8 Å². The molecule has 3 atom stereocenters. The van der Waals surface area contributed by atoms with E-state index in [-0.39, 0.29) is 0 Å². The van der Waals surface area contributed by atoms with Crippen LogP contribution in [0.3, 0.4) is 0 Å². The minimum Gasteiger partial charge on any atom is -0.0771 e. The van der Waals surface area contributed by atoms with Gasteiger partial charge in [0.1, 0.15) is 0 Å². The molecule has 0 bridgehead atoms. The molecule has 1 aliphatic rings. The van der Waals surface area contributed by atoms with Crippen LogP contribution in [0.1, 0.15) is 20.3 Å². The van der Waals surface area contributed by atoms with Crippen LogP contribution in [0.5, 0.6) is 0 Å². The molecule has 1 saturated carbocycles. The molecule has 3 unspecified atom stereocenters. The predicted molar refractivity (Wildman–Crippen MR) is 32.4 cm³/mol. The lowest BCUT2D eigenvalue weighted by Crippen LogP contribution is -1.87. The van der Waals surface area contributed by atoms with Crippen LogP contribution < -0.4 is 0 Å². The van der Waals surface area contributed by atoms with Gasteiger partial charge in [-0.3, -0.25) is 0 Å². The summed E-state index contributed by atoms with van der Waals surface area (Å²) in [6.45, 7) is 4.35. The molecule has 1 rings (SSSR count). The molecule has 7 heavy (non-hydrogen) atoms. The minimum atomic E-state index is 0.440. The first-order valence-electron chi connectivity index (χ1n) is 2.97. The second-order valence-corrected chi connectivity index (χ2v) is 2.74. The van der Waals surface area contributed by atoms with Gasteiger partial charge in [0.05, 0.1) is 7.85 Å². The number of hydrogen-bond acceptors (Lipinski definition) is 0. The number of rotatable bonds is 1. The summed E-state index contributed by atoms with van der Waals surface area (Å²) in [6.07, 6.45) is 1.36. The predicted octanol–water partition coefficient (Wildman–Crippen LogP) is 1.62. The van der Waals surface area contributed by atoms with Crippen molar-refractivity contribution in [2.45, 2.75) is 26.1 Å². The monoisotopic (exact) mass is 94.1 g/mol. The van der Waals surface area contributed by atoms with E-state index >= 15 is 0 Å². The SMILES string of the molecule is [B]C(C)C1CC1C. The van der Waals surface area contributed by atoms with Gasteiger partial charge in [0.15, 0.2) is 0 Å². The Balaban J connectivity index is 2.20. The molecule has 0 amide bonds. The van der Waals surface area contributed by atoms with Crippen LogP contribution in [0.25, 0.3) is 0 Å². The van der Waals surface area contributed by atoms with Crippen LogP contribution in [0.15, 0.2) is 0 Å². The van der Waals surface area contributed by atoms with Gasteiger partial charge < -0.3 is 0 Å². The molecule has 2 radical (unpaired) electrons. The van der Waals surface area contributed by atoms with Crippen LogP contribution in [-0.4, -0.2) is 7.85 Å². The van der Waals surface area contributed by atoms with Crippen molar-refractivity contribution >= 4 is 7.85 Å². The van der Waals surface area contributed by atoms with Crippen molar-refractivity contribution < 1.29 is 0 Å². The van der Waals surface area contributed by atoms with Crippen LogP contribution in [0.4, 0.5) is 0 Å². The average molecular weight is 94.0 g/mol. The summed E-state index contributed by atoms with van der Waals surface area (Å²) in [7, 11) is 5.59. The Hall–Kier alpha value is 0.0649. The van der Waals surface area contributed by atoms with E-state index in [2.05, 4.69) is 13.8 Å². The second-order valence-electron chi connectivity index (χ2n) is 2.74. The first-order chi connectivity index (χ1) is 3.22. The van der Waals surface area contributed by atoms with Crippen LogP contribution >= 0.6 is 0 Å². The smallest absolute Gasteiger partial charge is 0.0699 e. The van der Waals surface area contributed by atoms with Crippen LogP contribution in [-0.2, 0) is 0 Å². The summed E-state index contributed by atoms with van der Waals surface area (Å²) >= 11 is 0. The van der Waals surface area contributed by atoms with Crippen molar-refractivity contribution in [2.75, 3.05) is 0 Å². The Morgan fingerprint density at radius 1 is 1.71 bits per heavy atom. The third-order valence-corrected chi connectivity index (χ3v) is 1.85. The minimum absolute atomic E-state index is 0.440. The maximum atomic E-state index is 5.59. The van der Waals surface area contributed by atoms with Crippen LogP contribution in [0, 0.1) is 11.8 Å². The van der Waals surface area contributed by atoms with Crippen molar-refractivity contribution in [1.29, 1.82) is 0 Å². The molecule has 0 aromatic carbocycles. The Bertz CT molecular complexity index is 68.6. The molecule has 0 saturated heterocycles. The Morgan fingerprint density at radius 2 is 2.14 bits per heavy atom. The fourth-order valence-electron chi connectivity index (χ4n) is 1.08. The maximum Gasteiger partial charge on any atom is 0.0699 e. The molecule has 38 valence electrons. The molecule has 1 aliphatic carbocycles. The largest absolute Gasteiger partial charge is 0.0771 e. The van der Waals surface area contributed by atoms with E-state index in [4.69, 9.17) is 7.85 Å². The lowest BCUT2D eigenvalue weighted by atomic mass is 9.84. The third-order valence-electron chi connectivity index (χ3n) is 1.85. The molecular weight excluding hydrogens is 82.9 g/mol. The Kier molecular flexibility index (Phi) is 1.14. The third kappa shape index (κ3) is 0.989. The van der Waals surface area contributed by atoms with Crippen molar-refractivity contribution in [3.8, 4) is 0 Å². The first kappa shape index (κ1) is 5.21. The summed E-state index contributed by atoms with van der Waals surface area (Å²) in [6, 6.07) is 0. The maximum absolute atomic E-state index is 5.59. The van der Waals surface area contributed by atoms with Gasteiger partial charge in [0.25, 0.3) is 0 Å². The summed E-state index contributed by atoms with van der Waals surface area (Å²) < 4.78 is 0. The molecule has 0 aromatic rings. The average Bonchev–Trinajstić information content (AvgIpc) is 2.17. The van der Waals surface area contributed by atoms with Crippen LogP contribution in [0.2, 0.25) is 5.82 Å². The van der Waals surface area contributed by atoms with Crippen molar-refractivity contribution in [2.24, 2.45) is 11.8 Å². The fraction of sp³-hybridized carbons (Fsp3) is 1.00. The molecule has 0 heterocycles. The van der Waals surface area contributed by atoms with E-state index in [9.17, 15) is 0 Å². The molecule has 0 spiro atoms. The molecule has 1 heteroatoms. The van der Waals surface area contributed by atoms with E-state index in [1.165, 1.54) is 6.42 Å². The van der Waals surface area contributed by atoms with Gasteiger partial charge in [-0.05, 0) is 18.3 Å². The van der Waals surface area contributed by atoms with Gasteiger partial charge >= 0.3 is 0 Å². The first-order valence-corrected chi connectivity index (χ1v) is 2.97. The lowest BCUT2D eigenvalue weighted by Gasteiger charge is -1.97.